The van der Waals surface area contributed by atoms with Crippen LogP contribution in [0.5, 0.6) is 0 Å². The third-order valence-corrected chi connectivity index (χ3v) is 10.4. The maximum absolute atomic E-state index is 10.4. The van der Waals surface area contributed by atoms with Crippen LogP contribution in [-0.4, -0.2) is 171 Å². The molecule has 3 saturated heterocycles. The lowest BCUT2D eigenvalue weighted by atomic mass is 9.83. The molecule has 0 bridgehead atoms. The average molecular weight is 728 g/mol. The average Bonchev–Trinajstić information content (AvgIpc) is 3.09. The Bertz CT molecular complexity index is 837. The first-order valence-corrected chi connectivity index (χ1v) is 18.2. The van der Waals surface area contributed by atoms with E-state index in [-0.39, 0.29) is 25.9 Å². The summed E-state index contributed by atoms with van der Waals surface area (Å²) in [7, 11) is 0. The highest BCUT2D eigenvalue weighted by molar-refractivity contribution is 4.92. The SMILES string of the molecule is CC(C)NC(CCCO[C@@H]1OC(CO)[C@H](O)[C@H](O)C1C)(CCCO[C@@H]1OC(CO)[C@H](O)[C@H](O)C1C)CCCO[C@@H]1OC(CO)[C@H](O)[C@H](O)C1C. The Morgan fingerprint density at radius 2 is 0.800 bits per heavy atom. The number of nitrogens with one attached hydrogen (secondary N) is 1. The molecule has 0 radical (unpaired) electrons. The molecule has 3 aliphatic rings. The summed E-state index contributed by atoms with van der Waals surface area (Å²) in [5.41, 5.74) is -0.419. The molecular formula is C34H65NO15. The van der Waals surface area contributed by atoms with E-state index in [9.17, 15) is 46.0 Å². The maximum atomic E-state index is 10.4. The van der Waals surface area contributed by atoms with Gasteiger partial charge < -0.3 is 79.7 Å². The summed E-state index contributed by atoms with van der Waals surface area (Å²) in [5.74, 6) is -1.53. The molecule has 296 valence electrons. The molecule has 0 amide bonds. The van der Waals surface area contributed by atoms with E-state index in [0.717, 1.165) is 0 Å². The zero-order valence-corrected chi connectivity index (χ0v) is 30.2. The van der Waals surface area contributed by atoms with Gasteiger partial charge in [-0.15, -0.1) is 0 Å². The van der Waals surface area contributed by atoms with Gasteiger partial charge in [-0.2, -0.15) is 0 Å². The summed E-state index contributed by atoms with van der Waals surface area (Å²) in [6, 6.07) is 0.105. The van der Waals surface area contributed by atoms with Crippen molar-refractivity contribution < 1.29 is 74.4 Å². The first-order chi connectivity index (χ1) is 23.7. The van der Waals surface area contributed by atoms with Crippen molar-refractivity contribution in [2.75, 3.05) is 39.6 Å². The predicted molar refractivity (Wildman–Crippen MR) is 177 cm³/mol. The Balaban J connectivity index is 1.64. The normalized spacial score (nSPS) is 41.0. The Kier molecular flexibility index (Phi) is 18.1. The van der Waals surface area contributed by atoms with Crippen LogP contribution in [0.2, 0.25) is 0 Å². The van der Waals surface area contributed by atoms with Gasteiger partial charge in [0.1, 0.15) is 36.6 Å². The lowest BCUT2D eigenvalue weighted by molar-refractivity contribution is -0.283. The molecule has 0 saturated carbocycles. The fourth-order valence-corrected chi connectivity index (χ4v) is 7.27. The minimum atomic E-state index is -1.21. The van der Waals surface area contributed by atoms with Crippen molar-refractivity contribution in [3.63, 3.8) is 0 Å². The van der Waals surface area contributed by atoms with E-state index in [1.165, 1.54) is 0 Å². The lowest BCUT2D eigenvalue weighted by Crippen LogP contribution is -2.55. The van der Waals surface area contributed by atoms with E-state index in [1.807, 2.05) is 0 Å². The number of hydrogen-bond donors (Lipinski definition) is 10. The standard InChI is InChI=1S/C34H65NO15/c1-18(2)35-34(9-6-12-45-31-19(3)25(39)28(42)22(15-36)48-31,10-7-13-46-32-20(4)26(40)29(43)23(16-37)49-32)11-8-14-47-33-21(5)27(41)30(44)24(17-38)50-33/h18-33,35-44H,6-17H2,1-5H3/t19?,20?,21?,22?,23?,24?,25-,26-,27-,28+,29+,30+,31-,32-,33-,34?/m1/s1. The van der Waals surface area contributed by atoms with Gasteiger partial charge in [0.05, 0.1) is 38.1 Å². The molecule has 3 fully saturated rings. The molecule has 10 N–H and O–H groups in total. The molecule has 0 aromatic heterocycles. The minimum absolute atomic E-state index is 0.105. The zero-order valence-electron chi connectivity index (χ0n) is 30.2. The Hall–Kier alpha value is -0.640. The summed E-state index contributed by atoms with van der Waals surface area (Å²) < 4.78 is 35.2. The van der Waals surface area contributed by atoms with Crippen molar-refractivity contribution in [2.24, 2.45) is 17.8 Å². The second-order valence-electron chi connectivity index (χ2n) is 14.7. The van der Waals surface area contributed by atoms with E-state index < -0.39 is 117 Å². The number of aliphatic hydroxyl groups is 9. The van der Waals surface area contributed by atoms with Gasteiger partial charge in [-0.05, 0) is 38.5 Å². The zero-order chi connectivity index (χ0) is 37.2. The third-order valence-electron chi connectivity index (χ3n) is 10.4. The molecule has 0 aromatic rings. The highest BCUT2D eigenvalue weighted by atomic mass is 16.7. The fourth-order valence-electron chi connectivity index (χ4n) is 7.27. The third kappa shape index (κ3) is 11.4. The highest BCUT2D eigenvalue weighted by Crippen LogP contribution is 2.32. The fraction of sp³-hybridized carbons (Fsp3) is 1.00. The van der Waals surface area contributed by atoms with E-state index in [1.54, 1.807) is 20.8 Å². The van der Waals surface area contributed by atoms with Gasteiger partial charge in [-0.25, -0.2) is 0 Å². The lowest BCUT2D eigenvalue weighted by Gasteiger charge is -2.42. The van der Waals surface area contributed by atoms with Crippen molar-refractivity contribution in [3.8, 4) is 0 Å². The topological polar surface area (TPSA) is 249 Å². The van der Waals surface area contributed by atoms with Gasteiger partial charge in [-0.1, -0.05) is 34.6 Å². The van der Waals surface area contributed by atoms with Gasteiger partial charge in [-0.3, -0.25) is 0 Å². The van der Waals surface area contributed by atoms with E-state index >= 15 is 0 Å². The summed E-state index contributed by atoms with van der Waals surface area (Å²) in [6.45, 7) is 8.77. The van der Waals surface area contributed by atoms with E-state index in [0.29, 0.717) is 38.5 Å². The molecule has 3 heterocycles. The monoisotopic (exact) mass is 727 g/mol. The van der Waals surface area contributed by atoms with Gasteiger partial charge in [0.25, 0.3) is 0 Å². The smallest absolute Gasteiger partial charge is 0.163 e. The van der Waals surface area contributed by atoms with Crippen molar-refractivity contribution >= 4 is 0 Å². The number of rotatable bonds is 20. The van der Waals surface area contributed by atoms with Crippen LogP contribution in [0, 0.1) is 17.8 Å². The summed E-state index contributed by atoms with van der Waals surface area (Å²) in [6.07, 6.45) is -8.38. The van der Waals surface area contributed by atoms with Crippen molar-refractivity contribution in [2.45, 2.75) is 159 Å². The second-order valence-corrected chi connectivity index (χ2v) is 14.7. The summed E-state index contributed by atoms with van der Waals surface area (Å²) in [4.78, 5) is 0. The Morgan fingerprint density at radius 3 is 1.04 bits per heavy atom. The number of aliphatic hydroxyl groups excluding tert-OH is 9. The molecule has 0 aliphatic carbocycles. The van der Waals surface area contributed by atoms with Crippen molar-refractivity contribution in [1.82, 2.24) is 5.32 Å². The van der Waals surface area contributed by atoms with Crippen LogP contribution < -0.4 is 5.32 Å². The molecule has 0 aromatic carbocycles. The molecule has 15 atom stereocenters. The van der Waals surface area contributed by atoms with Gasteiger partial charge >= 0.3 is 0 Å². The van der Waals surface area contributed by atoms with Crippen LogP contribution in [0.25, 0.3) is 0 Å². The number of hydrogen-bond acceptors (Lipinski definition) is 16. The quantitative estimate of drug-likeness (QED) is 0.0631. The largest absolute Gasteiger partial charge is 0.394 e. The van der Waals surface area contributed by atoms with Crippen molar-refractivity contribution in [3.05, 3.63) is 0 Å². The molecular weight excluding hydrogens is 662 g/mol. The van der Waals surface area contributed by atoms with Crippen LogP contribution >= 0.6 is 0 Å². The maximum Gasteiger partial charge on any atom is 0.163 e. The minimum Gasteiger partial charge on any atom is -0.394 e. The summed E-state index contributed by atoms with van der Waals surface area (Å²) >= 11 is 0. The van der Waals surface area contributed by atoms with Crippen LogP contribution in [0.4, 0.5) is 0 Å². The molecule has 16 nitrogen and oxygen atoms in total. The van der Waals surface area contributed by atoms with Gasteiger partial charge in [0, 0.05) is 49.2 Å². The Morgan fingerprint density at radius 1 is 0.520 bits per heavy atom. The van der Waals surface area contributed by atoms with E-state index in [4.69, 9.17) is 28.4 Å². The molecule has 3 rings (SSSR count). The first-order valence-electron chi connectivity index (χ1n) is 18.2. The molecule has 3 aliphatic heterocycles. The van der Waals surface area contributed by atoms with Crippen LogP contribution in [0.3, 0.4) is 0 Å². The predicted octanol–water partition coefficient (Wildman–Crippen LogP) is -1.66. The van der Waals surface area contributed by atoms with Gasteiger partial charge in [0.15, 0.2) is 18.9 Å². The Labute approximate surface area is 295 Å². The molecule has 0 spiro atoms. The molecule has 6 unspecified atom stereocenters. The van der Waals surface area contributed by atoms with Crippen LogP contribution in [0.15, 0.2) is 0 Å². The van der Waals surface area contributed by atoms with E-state index in [2.05, 4.69) is 19.2 Å². The second kappa shape index (κ2) is 20.7. The summed E-state index contributed by atoms with van der Waals surface area (Å²) in [5, 5.41) is 94.3. The molecule has 50 heavy (non-hydrogen) atoms. The van der Waals surface area contributed by atoms with Crippen molar-refractivity contribution in [1.29, 1.82) is 0 Å². The van der Waals surface area contributed by atoms with Crippen LogP contribution in [-0.2, 0) is 28.4 Å². The van der Waals surface area contributed by atoms with Gasteiger partial charge in [0.2, 0.25) is 0 Å². The molecule has 16 heteroatoms. The first kappa shape index (κ1) is 43.8. The number of ether oxygens (including phenoxy) is 6. The van der Waals surface area contributed by atoms with Crippen LogP contribution in [0.1, 0.15) is 73.1 Å². The highest BCUT2D eigenvalue weighted by Gasteiger charge is 2.45.